The fourth-order valence-corrected chi connectivity index (χ4v) is 5.20. The molecule has 1 unspecified atom stereocenters. The van der Waals surface area contributed by atoms with Crippen molar-refractivity contribution < 1.29 is 0 Å². The van der Waals surface area contributed by atoms with Crippen LogP contribution in [0, 0.1) is 0 Å². The van der Waals surface area contributed by atoms with Crippen molar-refractivity contribution in [2.45, 2.75) is 70.3 Å². The number of anilines is 1. The van der Waals surface area contributed by atoms with E-state index in [0.29, 0.717) is 0 Å². The fraction of sp³-hybridized carbons (Fsp3) is 0.579. The van der Waals surface area contributed by atoms with E-state index in [4.69, 9.17) is 0 Å². The number of fused-ring (bicyclic) bond motifs is 1. The standard InChI is InChI=1S/C19H31NSi/c1-16(15-21(3,4)5)14-19(2)13-9-8-11-17-10-6-7-12-18(17)20-19/h6-7,10,12,20H,1,8-9,11,13-15H2,2-5H3. The minimum atomic E-state index is -1.06. The zero-order valence-corrected chi connectivity index (χ0v) is 15.3. The molecule has 1 N–H and O–H groups in total. The van der Waals surface area contributed by atoms with Crippen LogP contribution >= 0.6 is 0 Å². The van der Waals surface area contributed by atoms with Crippen molar-refractivity contribution in [3.8, 4) is 0 Å². The first-order valence-corrected chi connectivity index (χ1v) is 12.0. The van der Waals surface area contributed by atoms with E-state index in [1.54, 1.807) is 0 Å². The molecule has 21 heavy (non-hydrogen) atoms. The summed E-state index contributed by atoms with van der Waals surface area (Å²) in [5.41, 5.74) is 4.40. The molecule has 116 valence electrons. The predicted octanol–water partition coefficient (Wildman–Crippen LogP) is 5.87. The average molecular weight is 302 g/mol. The van der Waals surface area contributed by atoms with Gasteiger partial charge in [-0.25, -0.2) is 0 Å². The summed E-state index contributed by atoms with van der Waals surface area (Å²) in [4.78, 5) is 0. The minimum absolute atomic E-state index is 0.160. The second-order valence-corrected chi connectivity index (χ2v) is 13.7. The number of para-hydroxylation sites is 1. The van der Waals surface area contributed by atoms with Gasteiger partial charge >= 0.3 is 0 Å². The first kappa shape index (κ1) is 16.3. The summed E-state index contributed by atoms with van der Waals surface area (Å²) < 4.78 is 0. The van der Waals surface area contributed by atoms with Gasteiger partial charge in [0, 0.05) is 19.3 Å². The molecule has 1 aromatic rings. The van der Waals surface area contributed by atoms with Gasteiger partial charge in [0.2, 0.25) is 0 Å². The third-order valence-electron chi connectivity index (χ3n) is 4.30. The van der Waals surface area contributed by atoms with Crippen molar-refractivity contribution in [2.75, 3.05) is 5.32 Å². The molecule has 1 aromatic carbocycles. The summed E-state index contributed by atoms with van der Waals surface area (Å²) in [7, 11) is -1.06. The summed E-state index contributed by atoms with van der Waals surface area (Å²) in [5.74, 6) is 0. The molecular formula is C19H31NSi. The SMILES string of the molecule is C=C(CC1(C)CCCCc2ccccc2N1)C[Si](C)(C)C. The van der Waals surface area contributed by atoms with Crippen molar-refractivity contribution in [1.82, 2.24) is 0 Å². The van der Waals surface area contributed by atoms with E-state index in [1.807, 2.05) is 0 Å². The van der Waals surface area contributed by atoms with Crippen molar-refractivity contribution in [3.63, 3.8) is 0 Å². The van der Waals surface area contributed by atoms with E-state index in [2.05, 4.69) is 62.7 Å². The Hall–Kier alpha value is -1.02. The van der Waals surface area contributed by atoms with Gasteiger partial charge in [0.25, 0.3) is 0 Å². The summed E-state index contributed by atoms with van der Waals surface area (Å²) in [6.07, 6.45) is 6.15. The Labute approximate surface area is 131 Å². The molecule has 0 saturated heterocycles. The van der Waals surface area contributed by atoms with Crippen LogP contribution in [0.2, 0.25) is 25.7 Å². The highest BCUT2D eigenvalue weighted by Gasteiger charge is 2.28. The largest absolute Gasteiger partial charge is 0.379 e. The van der Waals surface area contributed by atoms with Crippen molar-refractivity contribution >= 4 is 13.8 Å². The van der Waals surface area contributed by atoms with Crippen molar-refractivity contribution in [1.29, 1.82) is 0 Å². The third kappa shape index (κ3) is 5.03. The summed E-state index contributed by atoms with van der Waals surface area (Å²) in [5, 5.41) is 3.85. The number of benzene rings is 1. The quantitative estimate of drug-likeness (QED) is 0.542. The highest BCUT2D eigenvalue weighted by molar-refractivity contribution is 6.76. The van der Waals surface area contributed by atoms with Gasteiger partial charge in [-0.15, -0.1) is 6.58 Å². The van der Waals surface area contributed by atoms with Gasteiger partial charge in [-0.2, -0.15) is 0 Å². The maximum absolute atomic E-state index is 4.38. The van der Waals surface area contributed by atoms with Crippen LogP contribution in [0.1, 0.15) is 38.2 Å². The molecule has 0 aromatic heterocycles. The lowest BCUT2D eigenvalue weighted by atomic mass is 9.85. The monoisotopic (exact) mass is 301 g/mol. The van der Waals surface area contributed by atoms with Crippen LogP contribution in [0.25, 0.3) is 0 Å². The second-order valence-electron chi connectivity index (χ2n) is 8.21. The van der Waals surface area contributed by atoms with Gasteiger partial charge in [0.1, 0.15) is 0 Å². The third-order valence-corrected chi connectivity index (χ3v) is 5.86. The molecule has 1 aliphatic heterocycles. The van der Waals surface area contributed by atoms with Crippen LogP contribution in [0.3, 0.4) is 0 Å². The maximum Gasteiger partial charge on any atom is 0.0483 e. The van der Waals surface area contributed by atoms with Gasteiger partial charge in [0.05, 0.1) is 0 Å². The molecule has 0 bridgehead atoms. The van der Waals surface area contributed by atoms with E-state index in [9.17, 15) is 0 Å². The van der Waals surface area contributed by atoms with Gasteiger partial charge in [-0.1, -0.05) is 49.8 Å². The highest BCUT2D eigenvalue weighted by atomic mass is 28.3. The first-order chi connectivity index (χ1) is 9.77. The van der Waals surface area contributed by atoms with E-state index < -0.39 is 8.07 Å². The second kappa shape index (κ2) is 6.39. The smallest absolute Gasteiger partial charge is 0.0483 e. The van der Waals surface area contributed by atoms with E-state index in [0.717, 1.165) is 6.42 Å². The number of aryl methyl sites for hydroxylation is 1. The normalized spacial score (nSPS) is 22.7. The molecule has 1 aliphatic rings. The predicted molar refractivity (Wildman–Crippen MR) is 97.9 cm³/mol. The van der Waals surface area contributed by atoms with E-state index in [-0.39, 0.29) is 5.54 Å². The molecule has 0 spiro atoms. The Morgan fingerprint density at radius 2 is 1.95 bits per heavy atom. The molecule has 1 nitrogen and oxygen atoms in total. The summed E-state index contributed by atoms with van der Waals surface area (Å²) in [6.45, 7) is 14.1. The van der Waals surface area contributed by atoms with Crippen molar-refractivity contribution in [2.24, 2.45) is 0 Å². The van der Waals surface area contributed by atoms with Crippen LogP contribution in [0.5, 0.6) is 0 Å². The van der Waals surface area contributed by atoms with Gasteiger partial charge in [-0.3, -0.25) is 0 Å². The fourth-order valence-electron chi connectivity index (χ4n) is 3.58. The van der Waals surface area contributed by atoms with E-state index >= 15 is 0 Å². The molecule has 0 aliphatic carbocycles. The van der Waals surface area contributed by atoms with Crippen LogP contribution in [-0.2, 0) is 6.42 Å². The molecular weight excluding hydrogens is 270 g/mol. The van der Waals surface area contributed by atoms with Gasteiger partial charge < -0.3 is 5.32 Å². The maximum atomic E-state index is 4.38. The molecule has 2 rings (SSSR count). The molecule has 1 atom stereocenters. The average Bonchev–Trinajstić information content (AvgIpc) is 2.31. The van der Waals surface area contributed by atoms with Crippen LogP contribution in [0.4, 0.5) is 5.69 Å². The zero-order chi connectivity index (χ0) is 15.5. The number of hydrogen-bond acceptors (Lipinski definition) is 1. The van der Waals surface area contributed by atoms with Gasteiger partial charge in [-0.05, 0) is 50.3 Å². The lowest BCUT2D eigenvalue weighted by Crippen LogP contribution is -2.37. The lowest BCUT2D eigenvalue weighted by molar-refractivity contribution is 0.437. The molecule has 1 heterocycles. The topological polar surface area (TPSA) is 12.0 Å². The Bertz CT molecular complexity index is 501. The molecule has 0 saturated carbocycles. The molecule has 2 heteroatoms. The minimum Gasteiger partial charge on any atom is -0.379 e. The Kier molecular flexibility index (Phi) is 4.98. The van der Waals surface area contributed by atoms with Crippen LogP contribution in [0.15, 0.2) is 36.4 Å². The number of nitrogens with one attached hydrogen (secondary N) is 1. The summed E-state index contributed by atoms with van der Waals surface area (Å²) >= 11 is 0. The highest BCUT2D eigenvalue weighted by Crippen LogP contribution is 2.33. The molecule has 0 amide bonds. The Morgan fingerprint density at radius 3 is 2.67 bits per heavy atom. The zero-order valence-electron chi connectivity index (χ0n) is 14.3. The van der Waals surface area contributed by atoms with E-state index in [1.165, 1.54) is 48.6 Å². The molecule has 0 fully saturated rings. The first-order valence-electron chi connectivity index (χ1n) is 8.30. The van der Waals surface area contributed by atoms with Crippen molar-refractivity contribution in [3.05, 3.63) is 42.0 Å². The number of hydrogen-bond donors (Lipinski definition) is 1. The number of rotatable bonds is 4. The van der Waals surface area contributed by atoms with Crippen LogP contribution in [-0.4, -0.2) is 13.6 Å². The van der Waals surface area contributed by atoms with Crippen LogP contribution < -0.4 is 5.32 Å². The Balaban J connectivity index is 2.12. The summed E-state index contributed by atoms with van der Waals surface area (Å²) in [6, 6.07) is 10.0. The lowest BCUT2D eigenvalue weighted by Gasteiger charge is -2.36. The Morgan fingerprint density at radius 1 is 1.24 bits per heavy atom. The van der Waals surface area contributed by atoms with Gasteiger partial charge in [0.15, 0.2) is 0 Å². The molecule has 0 radical (unpaired) electrons.